The average molecular weight is 295 g/mol. The number of ether oxygens (including phenoxy) is 1. The Hall–Kier alpha value is -0.760. The minimum absolute atomic E-state index is 0.123. The van der Waals surface area contributed by atoms with E-state index in [4.69, 9.17) is 4.74 Å². The van der Waals surface area contributed by atoms with Gasteiger partial charge in [0, 0.05) is 15.6 Å². The lowest BCUT2D eigenvalue weighted by molar-refractivity contribution is 0.0531. The van der Waals surface area contributed by atoms with Gasteiger partial charge in [0.1, 0.15) is 11.4 Å². The van der Waals surface area contributed by atoms with Gasteiger partial charge in [0.15, 0.2) is 0 Å². The minimum atomic E-state index is -0.123. The average Bonchev–Trinajstić information content (AvgIpc) is 2.16. The van der Waals surface area contributed by atoms with Crippen LogP contribution in [0.2, 0.25) is 0 Å². The lowest BCUT2D eigenvalue weighted by Gasteiger charge is -2.43. The summed E-state index contributed by atoms with van der Waals surface area (Å²) in [5.74, 6) is 0.990. The van der Waals surface area contributed by atoms with Crippen molar-refractivity contribution in [3.8, 4) is 5.75 Å². The van der Waals surface area contributed by atoms with Crippen LogP contribution in [0.5, 0.6) is 5.75 Å². The van der Waals surface area contributed by atoms with Crippen LogP contribution in [-0.4, -0.2) is 5.60 Å². The lowest BCUT2D eigenvalue weighted by atomic mass is 9.73. The number of fused-ring (bicyclic) bond motifs is 1. The highest BCUT2D eigenvalue weighted by atomic mass is 79.9. The molecule has 0 saturated heterocycles. The second-order valence-electron chi connectivity index (χ2n) is 6.00. The van der Waals surface area contributed by atoms with Crippen LogP contribution in [0.15, 0.2) is 23.2 Å². The molecule has 2 rings (SSSR count). The summed E-state index contributed by atoms with van der Waals surface area (Å²) in [5, 5.41) is 0. The van der Waals surface area contributed by atoms with E-state index in [0.29, 0.717) is 0 Å². The summed E-state index contributed by atoms with van der Waals surface area (Å²) in [6, 6.07) is 4.22. The van der Waals surface area contributed by atoms with Crippen molar-refractivity contribution in [1.82, 2.24) is 0 Å². The van der Waals surface area contributed by atoms with Gasteiger partial charge in [0.2, 0.25) is 0 Å². The van der Waals surface area contributed by atoms with Crippen molar-refractivity contribution in [2.75, 3.05) is 0 Å². The molecule has 0 N–H and O–H groups in total. The maximum absolute atomic E-state index is 6.14. The van der Waals surface area contributed by atoms with Crippen molar-refractivity contribution < 1.29 is 4.74 Å². The van der Waals surface area contributed by atoms with Crippen molar-refractivity contribution in [3.05, 3.63) is 34.3 Å². The van der Waals surface area contributed by atoms with Crippen molar-refractivity contribution in [1.29, 1.82) is 0 Å². The highest BCUT2D eigenvalue weighted by molar-refractivity contribution is 9.10. The molecule has 1 aliphatic heterocycles. The van der Waals surface area contributed by atoms with Gasteiger partial charge in [-0.2, -0.15) is 0 Å². The standard InChI is InChI=1S/C15H19BrO/c1-6-10-7-11(16)8-12-13(10)17-15(4,5)9-14(12,2)3/h6-8H,1,9H2,2-5H3. The first-order valence-electron chi connectivity index (χ1n) is 5.91. The van der Waals surface area contributed by atoms with Crippen LogP contribution >= 0.6 is 15.9 Å². The Morgan fingerprint density at radius 1 is 1.29 bits per heavy atom. The molecule has 0 amide bonds. The van der Waals surface area contributed by atoms with E-state index >= 15 is 0 Å². The first-order valence-corrected chi connectivity index (χ1v) is 6.70. The fourth-order valence-corrected chi connectivity index (χ4v) is 3.33. The number of halogens is 1. The van der Waals surface area contributed by atoms with Crippen LogP contribution in [0, 0.1) is 0 Å². The van der Waals surface area contributed by atoms with Crippen LogP contribution in [-0.2, 0) is 5.41 Å². The fraction of sp³-hybridized carbons (Fsp3) is 0.467. The van der Waals surface area contributed by atoms with Crippen molar-refractivity contribution >= 4 is 22.0 Å². The lowest BCUT2D eigenvalue weighted by Crippen LogP contribution is -2.41. The number of hydrogen-bond acceptors (Lipinski definition) is 1. The zero-order chi connectivity index (χ0) is 12.8. The summed E-state index contributed by atoms with van der Waals surface area (Å²) in [5.41, 5.74) is 2.33. The SMILES string of the molecule is C=Cc1cc(Br)cc2c1OC(C)(C)CC2(C)C. The molecule has 1 aliphatic rings. The van der Waals surface area contributed by atoms with Crippen LogP contribution in [0.4, 0.5) is 0 Å². The summed E-state index contributed by atoms with van der Waals surface area (Å²) in [6.07, 6.45) is 2.88. The molecule has 0 atom stereocenters. The Labute approximate surface area is 112 Å². The first-order chi connectivity index (χ1) is 7.75. The zero-order valence-electron chi connectivity index (χ0n) is 10.9. The quantitative estimate of drug-likeness (QED) is 0.713. The molecule has 17 heavy (non-hydrogen) atoms. The van der Waals surface area contributed by atoms with Crippen molar-refractivity contribution in [2.24, 2.45) is 0 Å². The Morgan fingerprint density at radius 3 is 2.53 bits per heavy atom. The molecule has 0 saturated carbocycles. The maximum atomic E-state index is 6.14. The van der Waals surface area contributed by atoms with Gasteiger partial charge >= 0.3 is 0 Å². The van der Waals surface area contributed by atoms with E-state index in [-0.39, 0.29) is 11.0 Å². The van der Waals surface area contributed by atoms with Gasteiger partial charge in [0.05, 0.1) is 0 Å². The minimum Gasteiger partial charge on any atom is -0.487 e. The first kappa shape index (κ1) is 12.7. The zero-order valence-corrected chi connectivity index (χ0v) is 12.5. The molecule has 1 aromatic carbocycles. The molecule has 2 heteroatoms. The third kappa shape index (κ3) is 2.28. The van der Waals surface area contributed by atoms with E-state index in [2.05, 4.69) is 62.3 Å². The topological polar surface area (TPSA) is 9.23 Å². The smallest absolute Gasteiger partial charge is 0.131 e. The van der Waals surface area contributed by atoms with E-state index in [1.165, 1.54) is 5.56 Å². The van der Waals surface area contributed by atoms with Crippen LogP contribution in [0.1, 0.15) is 45.2 Å². The molecule has 1 aromatic rings. The Kier molecular flexibility index (Phi) is 2.89. The summed E-state index contributed by atoms with van der Waals surface area (Å²) in [4.78, 5) is 0. The largest absolute Gasteiger partial charge is 0.487 e. The highest BCUT2D eigenvalue weighted by Crippen LogP contribution is 2.47. The normalized spacial score (nSPS) is 20.3. The van der Waals surface area contributed by atoms with Gasteiger partial charge < -0.3 is 4.74 Å². The van der Waals surface area contributed by atoms with E-state index in [1.807, 2.05) is 6.08 Å². The number of hydrogen-bond donors (Lipinski definition) is 0. The number of rotatable bonds is 1. The van der Waals surface area contributed by atoms with E-state index in [1.54, 1.807) is 0 Å². The predicted octanol–water partition coefficient (Wildman–Crippen LogP) is 4.93. The van der Waals surface area contributed by atoms with Crippen LogP contribution < -0.4 is 4.74 Å². The molecule has 0 unspecified atom stereocenters. The molecule has 92 valence electrons. The molecular weight excluding hydrogens is 276 g/mol. The second kappa shape index (κ2) is 3.88. The summed E-state index contributed by atoms with van der Waals surface area (Å²) >= 11 is 3.56. The third-order valence-electron chi connectivity index (χ3n) is 3.28. The van der Waals surface area contributed by atoms with Gasteiger partial charge in [-0.3, -0.25) is 0 Å². The molecule has 0 spiro atoms. The second-order valence-corrected chi connectivity index (χ2v) is 6.91. The monoisotopic (exact) mass is 294 g/mol. The van der Waals surface area contributed by atoms with Gasteiger partial charge in [-0.1, -0.05) is 42.4 Å². The third-order valence-corrected chi connectivity index (χ3v) is 3.74. The molecule has 0 aromatic heterocycles. The van der Waals surface area contributed by atoms with Crippen molar-refractivity contribution in [3.63, 3.8) is 0 Å². The molecule has 1 nitrogen and oxygen atoms in total. The van der Waals surface area contributed by atoms with Gasteiger partial charge in [-0.05, 0) is 37.8 Å². The van der Waals surface area contributed by atoms with Crippen LogP contribution in [0.3, 0.4) is 0 Å². The highest BCUT2D eigenvalue weighted by Gasteiger charge is 2.39. The Morgan fingerprint density at radius 2 is 1.94 bits per heavy atom. The van der Waals surface area contributed by atoms with E-state index in [0.717, 1.165) is 22.2 Å². The molecule has 0 bridgehead atoms. The van der Waals surface area contributed by atoms with Crippen LogP contribution in [0.25, 0.3) is 6.08 Å². The Bertz CT molecular complexity index is 472. The van der Waals surface area contributed by atoms with E-state index < -0.39 is 0 Å². The summed E-state index contributed by atoms with van der Waals surface area (Å²) < 4.78 is 7.23. The molecule has 1 heterocycles. The number of benzene rings is 1. The fourth-order valence-electron chi connectivity index (χ4n) is 2.85. The molecule has 0 aliphatic carbocycles. The Balaban J connectivity index is 2.69. The predicted molar refractivity (Wildman–Crippen MR) is 76.6 cm³/mol. The van der Waals surface area contributed by atoms with Gasteiger partial charge in [-0.15, -0.1) is 0 Å². The van der Waals surface area contributed by atoms with Gasteiger partial charge in [-0.25, -0.2) is 0 Å². The van der Waals surface area contributed by atoms with Crippen molar-refractivity contribution in [2.45, 2.75) is 45.1 Å². The molecule has 0 radical (unpaired) electrons. The summed E-state index contributed by atoms with van der Waals surface area (Å²) in [6.45, 7) is 12.7. The summed E-state index contributed by atoms with van der Waals surface area (Å²) in [7, 11) is 0. The maximum Gasteiger partial charge on any atom is 0.131 e. The van der Waals surface area contributed by atoms with E-state index in [9.17, 15) is 0 Å². The van der Waals surface area contributed by atoms with Gasteiger partial charge in [0.25, 0.3) is 0 Å². The molecular formula is C15H19BrO. The molecule has 0 fully saturated rings.